The third-order valence-electron chi connectivity index (χ3n) is 6.87. The number of fused-ring (bicyclic) bond motifs is 1. The Bertz CT molecular complexity index is 1030. The van der Waals surface area contributed by atoms with Crippen LogP contribution in [-0.2, 0) is 11.2 Å². The maximum Gasteiger partial charge on any atom is 0.318 e. The molecular weight excluding hydrogens is 462 g/mol. The highest BCUT2D eigenvalue weighted by Crippen LogP contribution is 2.41. The molecule has 35 heavy (non-hydrogen) atoms. The lowest BCUT2D eigenvalue weighted by atomic mass is 9.88. The Labute approximate surface area is 212 Å². The van der Waals surface area contributed by atoms with Crippen LogP contribution in [0.2, 0.25) is 0 Å². The molecular formula is C27H35N3O4S. The zero-order chi connectivity index (χ0) is 24.8. The lowest BCUT2D eigenvalue weighted by Gasteiger charge is -2.39. The number of urea groups is 1. The van der Waals surface area contributed by atoms with Crippen molar-refractivity contribution in [2.24, 2.45) is 0 Å². The number of nitrogens with one attached hydrogen (secondary N) is 1. The predicted octanol–water partition coefficient (Wildman–Crippen LogP) is 4.11. The summed E-state index contributed by atoms with van der Waals surface area (Å²) in [5, 5.41) is 3.11. The van der Waals surface area contributed by atoms with Crippen molar-refractivity contribution < 1.29 is 19.1 Å². The first-order valence-corrected chi connectivity index (χ1v) is 13.6. The van der Waals surface area contributed by atoms with E-state index >= 15 is 0 Å². The van der Waals surface area contributed by atoms with Crippen LogP contribution < -0.4 is 14.8 Å². The number of hydrogen-bond donors (Lipinski definition) is 1. The first-order valence-electron chi connectivity index (χ1n) is 12.2. The molecule has 1 fully saturated rings. The maximum atomic E-state index is 13.7. The number of carbonyl (C=O) groups excluding carboxylic acids is 2. The Kier molecular flexibility index (Phi) is 8.44. The fourth-order valence-corrected chi connectivity index (χ4v) is 5.51. The summed E-state index contributed by atoms with van der Waals surface area (Å²) in [6, 6.07) is 13.0. The molecule has 2 aromatic rings. The molecule has 2 aliphatic rings. The zero-order valence-electron chi connectivity index (χ0n) is 20.8. The molecule has 0 radical (unpaired) electrons. The lowest BCUT2D eigenvalue weighted by molar-refractivity contribution is -0.132. The predicted molar refractivity (Wildman–Crippen MR) is 139 cm³/mol. The van der Waals surface area contributed by atoms with E-state index in [-0.39, 0.29) is 18.0 Å². The van der Waals surface area contributed by atoms with Crippen LogP contribution >= 0.6 is 11.8 Å². The molecule has 2 atom stereocenters. The topological polar surface area (TPSA) is 71.1 Å². The molecule has 188 valence electrons. The van der Waals surface area contributed by atoms with E-state index in [0.717, 1.165) is 48.4 Å². The molecule has 2 aliphatic heterocycles. The van der Waals surface area contributed by atoms with Crippen molar-refractivity contribution in [2.45, 2.75) is 37.8 Å². The number of nitrogens with zero attached hydrogens (tertiary/aromatic N) is 2. The lowest BCUT2D eigenvalue weighted by Crippen LogP contribution is -2.54. The first-order chi connectivity index (χ1) is 17.1. The first kappa shape index (κ1) is 25.2. The van der Waals surface area contributed by atoms with Crippen LogP contribution in [0, 0.1) is 0 Å². The van der Waals surface area contributed by atoms with E-state index < -0.39 is 6.04 Å². The quantitative estimate of drug-likeness (QED) is 0.595. The van der Waals surface area contributed by atoms with Gasteiger partial charge in [-0.2, -0.15) is 11.8 Å². The SMILES string of the molecule is COc1cc2c(cc1OC)[C@H](c1ccccc1)N(C(=O)N[C@@H](CCSC)C(=O)N1CCCC1)CC2. The maximum absolute atomic E-state index is 13.7. The molecule has 0 unspecified atom stereocenters. The van der Waals surface area contributed by atoms with E-state index in [9.17, 15) is 9.59 Å². The fraction of sp³-hybridized carbons (Fsp3) is 0.481. The largest absolute Gasteiger partial charge is 0.493 e. The van der Waals surface area contributed by atoms with E-state index in [1.165, 1.54) is 0 Å². The summed E-state index contributed by atoms with van der Waals surface area (Å²) in [7, 11) is 3.25. The number of carbonyl (C=O) groups is 2. The molecule has 0 saturated carbocycles. The average molecular weight is 498 g/mol. The number of rotatable bonds is 8. The fourth-order valence-electron chi connectivity index (χ4n) is 5.04. The molecule has 2 aromatic carbocycles. The highest BCUT2D eigenvalue weighted by molar-refractivity contribution is 7.98. The summed E-state index contributed by atoms with van der Waals surface area (Å²) >= 11 is 1.69. The smallest absolute Gasteiger partial charge is 0.318 e. The van der Waals surface area contributed by atoms with Crippen LogP contribution in [0.25, 0.3) is 0 Å². The Morgan fingerprint density at radius 3 is 2.40 bits per heavy atom. The van der Waals surface area contributed by atoms with Crippen LogP contribution in [0.3, 0.4) is 0 Å². The van der Waals surface area contributed by atoms with Gasteiger partial charge in [0.25, 0.3) is 0 Å². The van der Waals surface area contributed by atoms with E-state index in [1.54, 1.807) is 26.0 Å². The molecule has 3 amide bonds. The van der Waals surface area contributed by atoms with Gasteiger partial charge in [0, 0.05) is 19.6 Å². The summed E-state index contributed by atoms with van der Waals surface area (Å²) in [6.07, 6.45) is 5.39. The molecule has 0 aromatic heterocycles. The molecule has 1 N–H and O–H groups in total. The normalized spacial score (nSPS) is 18.1. The second-order valence-corrected chi connectivity index (χ2v) is 9.96. The van der Waals surface area contributed by atoms with Gasteiger partial charge in [-0.15, -0.1) is 0 Å². The van der Waals surface area contributed by atoms with Gasteiger partial charge in [-0.3, -0.25) is 4.79 Å². The highest BCUT2D eigenvalue weighted by atomic mass is 32.2. The van der Waals surface area contributed by atoms with Crippen molar-refractivity contribution in [2.75, 3.05) is 45.9 Å². The minimum absolute atomic E-state index is 0.0324. The van der Waals surface area contributed by atoms with Gasteiger partial charge in [0.05, 0.1) is 20.3 Å². The second kappa shape index (κ2) is 11.7. The second-order valence-electron chi connectivity index (χ2n) is 8.98. The monoisotopic (exact) mass is 497 g/mol. The number of likely N-dealkylation sites (tertiary alicyclic amines) is 1. The molecule has 0 aliphatic carbocycles. The van der Waals surface area contributed by atoms with Crippen molar-refractivity contribution in [3.05, 3.63) is 59.2 Å². The number of benzene rings is 2. The van der Waals surface area contributed by atoms with Crippen molar-refractivity contribution >= 4 is 23.7 Å². The summed E-state index contributed by atoms with van der Waals surface area (Å²) < 4.78 is 11.1. The third kappa shape index (κ3) is 5.53. The molecule has 4 rings (SSSR count). The standard InChI is InChI=1S/C27H35N3O4S/c1-33-23-17-20-11-15-30(25(19-9-5-4-6-10-19)21(20)18-24(23)34-2)27(32)28-22(12-16-35-3)26(31)29-13-7-8-14-29/h4-6,9-10,17-18,22,25H,7-8,11-16H2,1-3H3,(H,28,32)/t22-,25-/m0/s1. The zero-order valence-corrected chi connectivity index (χ0v) is 21.6. The van der Waals surface area contributed by atoms with Crippen LogP contribution in [0.5, 0.6) is 11.5 Å². The third-order valence-corrected chi connectivity index (χ3v) is 7.52. The van der Waals surface area contributed by atoms with Crippen molar-refractivity contribution in [1.82, 2.24) is 15.1 Å². The van der Waals surface area contributed by atoms with Crippen LogP contribution in [0.4, 0.5) is 4.79 Å². The van der Waals surface area contributed by atoms with Crippen molar-refractivity contribution in [3.63, 3.8) is 0 Å². The van der Waals surface area contributed by atoms with Crippen LogP contribution in [0.1, 0.15) is 42.0 Å². The number of methoxy groups -OCH3 is 2. The number of ether oxygens (including phenoxy) is 2. The van der Waals surface area contributed by atoms with Gasteiger partial charge >= 0.3 is 6.03 Å². The van der Waals surface area contributed by atoms with Gasteiger partial charge in [0.2, 0.25) is 5.91 Å². The molecule has 8 heteroatoms. The minimum atomic E-state index is -0.517. The van der Waals surface area contributed by atoms with Gasteiger partial charge in [0.1, 0.15) is 6.04 Å². The van der Waals surface area contributed by atoms with Gasteiger partial charge in [0.15, 0.2) is 11.5 Å². The minimum Gasteiger partial charge on any atom is -0.493 e. The van der Waals surface area contributed by atoms with Crippen molar-refractivity contribution in [1.29, 1.82) is 0 Å². The van der Waals surface area contributed by atoms with Crippen LogP contribution in [0.15, 0.2) is 42.5 Å². The van der Waals surface area contributed by atoms with E-state index in [4.69, 9.17) is 9.47 Å². The summed E-state index contributed by atoms with van der Waals surface area (Å²) in [4.78, 5) is 30.7. The molecule has 2 heterocycles. The van der Waals surface area contributed by atoms with Gasteiger partial charge in [-0.1, -0.05) is 30.3 Å². The molecule has 7 nitrogen and oxygen atoms in total. The summed E-state index contributed by atoms with van der Waals surface area (Å²) in [5.74, 6) is 2.16. The van der Waals surface area contributed by atoms with E-state index in [0.29, 0.717) is 30.9 Å². The Morgan fingerprint density at radius 1 is 1.06 bits per heavy atom. The molecule has 0 bridgehead atoms. The number of hydrogen-bond acceptors (Lipinski definition) is 5. The van der Waals surface area contributed by atoms with Crippen LogP contribution in [-0.4, -0.2) is 73.6 Å². The highest BCUT2D eigenvalue weighted by Gasteiger charge is 2.36. The Morgan fingerprint density at radius 2 is 1.74 bits per heavy atom. The van der Waals surface area contributed by atoms with Crippen molar-refractivity contribution in [3.8, 4) is 11.5 Å². The average Bonchev–Trinajstić information content (AvgIpc) is 3.44. The van der Waals surface area contributed by atoms with Gasteiger partial charge in [-0.05, 0) is 66.5 Å². The van der Waals surface area contributed by atoms with E-state index in [1.807, 2.05) is 58.5 Å². The number of thioether (sulfide) groups is 1. The van der Waals surface area contributed by atoms with E-state index in [2.05, 4.69) is 5.32 Å². The summed E-state index contributed by atoms with van der Waals surface area (Å²) in [5.41, 5.74) is 3.16. The summed E-state index contributed by atoms with van der Waals surface area (Å²) in [6.45, 7) is 2.09. The Hall–Kier alpha value is -2.87. The Balaban J connectivity index is 1.65. The molecule has 1 saturated heterocycles. The number of amides is 3. The van der Waals surface area contributed by atoms with Gasteiger partial charge < -0.3 is 24.6 Å². The molecule has 0 spiro atoms. The van der Waals surface area contributed by atoms with Gasteiger partial charge in [-0.25, -0.2) is 4.79 Å².